The van der Waals surface area contributed by atoms with E-state index < -0.39 is 20.9 Å². The zero-order valence-electron chi connectivity index (χ0n) is 13.9. The van der Waals surface area contributed by atoms with Crippen molar-refractivity contribution >= 4 is 33.0 Å². The molecule has 0 bridgehead atoms. The summed E-state index contributed by atoms with van der Waals surface area (Å²) >= 11 is 0. The third-order valence-corrected chi connectivity index (χ3v) is 4.88. The quantitative estimate of drug-likeness (QED) is 0.648. The molecule has 0 unspecified atom stereocenters. The molecular weight excluding hydrogens is 346 g/mol. The second-order valence-electron chi connectivity index (χ2n) is 5.49. The third kappa shape index (κ3) is 4.32. The van der Waals surface area contributed by atoms with Gasteiger partial charge in [-0.25, -0.2) is 8.42 Å². The van der Waals surface area contributed by atoms with E-state index in [1.807, 2.05) is 0 Å². The Balaban J connectivity index is 2.22. The van der Waals surface area contributed by atoms with E-state index in [4.69, 9.17) is 0 Å². The van der Waals surface area contributed by atoms with Crippen LogP contribution in [-0.4, -0.2) is 32.6 Å². The third-order valence-electron chi connectivity index (χ3n) is 3.67. The summed E-state index contributed by atoms with van der Waals surface area (Å²) in [6, 6.07) is 10.2. The van der Waals surface area contributed by atoms with Gasteiger partial charge in [-0.05, 0) is 36.8 Å². The molecule has 2 rings (SSSR count). The number of nitro benzene ring substituents is 1. The van der Waals surface area contributed by atoms with Crippen molar-refractivity contribution in [3.8, 4) is 0 Å². The Bertz CT molecular complexity index is 923. The first-order valence-electron chi connectivity index (χ1n) is 7.20. The van der Waals surface area contributed by atoms with Crippen LogP contribution >= 0.6 is 0 Å². The molecule has 1 amide bonds. The van der Waals surface area contributed by atoms with E-state index in [-0.39, 0.29) is 5.69 Å². The fraction of sp³-hybridized carbons (Fsp3) is 0.188. The lowest BCUT2D eigenvalue weighted by atomic mass is 10.1. The van der Waals surface area contributed by atoms with Crippen molar-refractivity contribution in [2.45, 2.75) is 6.92 Å². The molecule has 2 aromatic carbocycles. The monoisotopic (exact) mass is 363 g/mol. The largest absolute Gasteiger partial charge is 0.321 e. The van der Waals surface area contributed by atoms with Crippen molar-refractivity contribution in [2.24, 2.45) is 0 Å². The number of hydrogen-bond donors (Lipinski definition) is 1. The van der Waals surface area contributed by atoms with Gasteiger partial charge >= 0.3 is 0 Å². The molecule has 132 valence electrons. The Morgan fingerprint density at radius 3 is 2.28 bits per heavy atom. The second-order valence-corrected chi connectivity index (χ2v) is 7.50. The molecule has 0 fully saturated rings. The lowest BCUT2D eigenvalue weighted by Gasteiger charge is -2.16. The minimum atomic E-state index is -3.39. The van der Waals surface area contributed by atoms with E-state index >= 15 is 0 Å². The Hall–Kier alpha value is -2.94. The Kier molecular flexibility index (Phi) is 5.07. The average Bonchev–Trinajstić information content (AvgIpc) is 2.55. The van der Waals surface area contributed by atoms with Crippen molar-refractivity contribution in [1.29, 1.82) is 0 Å². The Morgan fingerprint density at radius 1 is 1.16 bits per heavy atom. The molecule has 0 heterocycles. The first kappa shape index (κ1) is 18.4. The fourth-order valence-electron chi connectivity index (χ4n) is 2.07. The summed E-state index contributed by atoms with van der Waals surface area (Å²) in [7, 11) is -1.97. The number of nitrogens with zero attached hydrogens (tertiary/aromatic N) is 2. The number of rotatable bonds is 5. The van der Waals surface area contributed by atoms with Crippen LogP contribution in [0, 0.1) is 17.0 Å². The average molecular weight is 363 g/mol. The van der Waals surface area contributed by atoms with Crippen LogP contribution in [0.3, 0.4) is 0 Å². The van der Waals surface area contributed by atoms with Crippen LogP contribution in [0.5, 0.6) is 0 Å². The van der Waals surface area contributed by atoms with E-state index in [2.05, 4.69) is 5.32 Å². The first-order valence-corrected chi connectivity index (χ1v) is 9.05. The zero-order chi connectivity index (χ0) is 18.8. The van der Waals surface area contributed by atoms with Crippen molar-refractivity contribution in [1.82, 2.24) is 0 Å². The highest BCUT2D eigenvalue weighted by atomic mass is 32.2. The standard InChI is InChI=1S/C16H17N3O5S/c1-11-4-7-14(19(21)22)10-15(11)17-16(20)12-5-8-13(9-6-12)18(2)25(3,23)24/h4-10H,1-3H3,(H,17,20). The predicted octanol–water partition coefficient (Wildman–Crippen LogP) is 2.55. The molecule has 0 saturated heterocycles. The number of amides is 1. The maximum absolute atomic E-state index is 12.3. The number of nitrogens with one attached hydrogen (secondary N) is 1. The number of non-ortho nitro benzene ring substituents is 1. The Labute approximate surface area is 145 Å². The number of hydrogen-bond acceptors (Lipinski definition) is 5. The van der Waals surface area contributed by atoms with Crippen molar-refractivity contribution < 1.29 is 18.1 Å². The van der Waals surface area contributed by atoms with Gasteiger partial charge < -0.3 is 5.32 Å². The highest BCUT2D eigenvalue weighted by molar-refractivity contribution is 7.92. The predicted molar refractivity (Wildman–Crippen MR) is 95.5 cm³/mol. The van der Waals surface area contributed by atoms with Crippen LogP contribution in [0.2, 0.25) is 0 Å². The van der Waals surface area contributed by atoms with E-state index in [1.165, 1.54) is 43.4 Å². The number of sulfonamides is 1. The minimum Gasteiger partial charge on any atom is -0.321 e. The van der Waals surface area contributed by atoms with Crippen LogP contribution in [0.15, 0.2) is 42.5 Å². The normalized spacial score (nSPS) is 11.0. The maximum Gasteiger partial charge on any atom is 0.271 e. The van der Waals surface area contributed by atoms with Gasteiger partial charge in [0.1, 0.15) is 0 Å². The van der Waals surface area contributed by atoms with Gasteiger partial charge in [0, 0.05) is 24.7 Å². The summed E-state index contributed by atoms with van der Waals surface area (Å²) in [5.74, 6) is -0.447. The molecule has 8 nitrogen and oxygen atoms in total. The van der Waals surface area contributed by atoms with Gasteiger partial charge in [0.2, 0.25) is 10.0 Å². The van der Waals surface area contributed by atoms with Crippen LogP contribution in [0.1, 0.15) is 15.9 Å². The molecule has 0 spiro atoms. The lowest BCUT2D eigenvalue weighted by Crippen LogP contribution is -2.24. The van der Waals surface area contributed by atoms with Crippen molar-refractivity contribution in [2.75, 3.05) is 22.9 Å². The lowest BCUT2D eigenvalue weighted by molar-refractivity contribution is -0.384. The summed E-state index contributed by atoms with van der Waals surface area (Å²) in [5, 5.41) is 13.5. The van der Waals surface area contributed by atoms with Gasteiger partial charge in [-0.1, -0.05) is 6.07 Å². The molecule has 25 heavy (non-hydrogen) atoms. The van der Waals surface area contributed by atoms with Crippen LogP contribution in [-0.2, 0) is 10.0 Å². The molecular formula is C16H17N3O5S. The van der Waals surface area contributed by atoms with E-state index in [0.717, 1.165) is 10.6 Å². The smallest absolute Gasteiger partial charge is 0.271 e. The molecule has 1 N–H and O–H groups in total. The molecule has 0 saturated carbocycles. The van der Waals surface area contributed by atoms with Crippen LogP contribution in [0.4, 0.5) is 17.1 Å². The molecule has 0 aromatic heterocycles. The highest BCUT2D eigenvalue weighted by Gasteiger charge is 2.14. The molecule has 0 aliphatic heterocycles. The molecule has 2 aromatic rings. The van der Waals surface area contributed by atoms with Gasteiger partial charge in [0.05, 0.1) is 22.6 Å². The number of benzene rings is 2. The Morgan fingerprint density at radius 2 is 1.76 bits per heavy atom. The number of anilines is 2. The summed E-state index contributed by atoms with van der Waals surface area (Å²) in [5.41, 5.74) is 1.64. The molecule has 9 heteroatoms. The van der Waals surface area contributed by atoms with Crippen LogP contribution in [0.25, 0.3) is 0 Å². The van der Waals surface area contributed by atoms with E-state index in [1.54, 1.807) is 13.0 Å². The fourth-order valence-corrected chi connectivity index (χ4v) is 2.57. The maximum atomic E-state index is 12.3. The van der Waals surface area contributed by atoms with Crippen LogP contribution < -0.4 is 9.62 Å². The van der Waals surface area contributed by atoms with Gasteiger partial charge in [-0.15, -0.1) is 0 Å². The minimum absolute atomic E-state index is 0.119. The number of nitro groups is 1. The molecule has 0 aliphatic carbocycles. The SMILES string of the molecule is Cc1ccc([N+](=O)[O-])cc1NC(=O)c1ccc(N(C)S(C)(=O)=O)cc1. The van der Waals surface area contributed by atoms with Gasteiger partial charge in [-0.2, -0.15) is 0 Å². The number of aryl methyl sites for hydroxylation is 1. The first-order chi connectivity index (χ1) is 11.6. The summed E-state index contributed by atoms with van der Waals surface area (Å²) in [4.78, 5) is 22.6. The molecule has 0 aliphatic rings. The summed E-state index contributed by atoms with van der Waals surface area (Å²) in [6.45, 7) is 1.73. The molecule has 0 radical (unpaired) electrons. The number of carbonyl (C=O) groups excluding carboxylic acids is 1. The molecule has 0 atom stereocenters. The number of carbonyl (C=O) groups is 1. The van der Waals surface area contributed by atoms with Crippen molar-refractivity contribution in [3.05, 3.63) is 63.7 Å². The summed E-state index contributed by atoms with van der Waals surface area (Å²) in [6.07, 6.45) is 1.08. The topological polar surface area (TPSA) is 110 Å². The van der Waals surface area contributed by atoms with Gasteiger partial charge in [0.15, 0.2) is 0 Å². The van der Waals surface area contributed by atoms with Gasteiger partial charge in [-0.3, -0.25) is 19.2 Å². The summed E-state index contributed by atoms with van der Waals surface area (Å²) < 4.78 is 24.1. The van der Waals surface area contributed by atoms with Crippen molar-refractivity contribution in [3.63, 3.8) is 0 Å². The zero-order valence-corrected chi connectivity index (χ0v) is 14.7. The highest BCUT2D eigenvalue weighted by Crippen LogP contribution is 2.23. The van der Waals surface area contributed by atoms with Gasteiger partial charge in [0.25, 0.3) is 11.6 Å². The van der Waals surface area contributed by atoms with E-state index in [0.29, 0.717) is 22.5 Å². The van der Waals surface area contributed by atoms with E-state index in [9.17, 15) is 23.3 Å². The second kappa shape index (κ2) is 6.89.